The van der Waals surface area contributed by atoms with Crippen LogP contribution < -0.4 is 4.90 Å². The Balaban J connectivity index is 0.911. The van der Waals surface area contributed by atoms with Crippen molar-refractivity contribution in [2.75, 3.05) is 4.90 Å². The second-order valence-electron chi connectivity index (χ2n) is 16.9. The lowest BCUT2D eigenvalue weighted by molar-refractivity contribution is 0.673. The molecule has 0 aliphatic carbocycles. The molecule has 0 aliphatic heterocycles. The van der Waals surface area contributed by atoms with E-state index in [-0.39, 0.29) is 0 Å². The Kier molecular flexibility index (Phi) is 8.53. The number of nitrogens with zero attached hydrogens (tertiary/aromatic N) is 2. The summed E-state index contributed by atoms with van der Waals surface area (Å²) in [6, 6.07) is 87.7. The molecule has 13 aromatic rings. The highest BCUT2D eigenvalue weighted by molar-refractivity contribution is 6.15. The second kappa shape index (κ2) is 15.0. The van der Waals surface area contributed by atoms with Gasteiger partial charge < -0.3 is 13.9 Å². The summed E-state index contributed by atoms with van der Waals surface area (Å²) in [5, 5.41) is 9.56. The van der Waals surface area contributed by atoms with Gasteiger partial charge in [-0.25, -0.2) is 0 Å². The Morgan fingerprint density at radius 2 is 0.846 bits per heavy atom. The Morgan fingerprint density at radius 3 is 1.57 bits per heavy atom. The molecular weight excluding hydrogens is 789 g/mol. The molecule has 2 aromatic heterocycles. The van der Waals surface area contributed by atoms with Crippen LogP contribution in [0.25, 0.3) is 104 Å². The van der Waals surface area contributed by atoms with Gasteiger partial charge in [0.15, 0.2) is 0 Å². The van der Waals surface area contributed by atoms with Crippen LogP contribution in [0.2, 0.25) is 0 Å². The number of rotatable bonds is 7. The van der Waals surface area contributed by atoms with Crippen LogP contribution in [0.15, 0.2) is 247 Å². The smallest absolute Gasteiger partial charge is 0.143 e. The van der Waals surface area contributed by atoms with Crippen molar-refractivity contribution >= 4 is 82.4 Å². The van der Waals surface area contributed by atoms with Crippen LogP contribution in [0.4, 0.5) is 17.1 Å². The summed E-state index contributed by atoms with van der Waals surface area (Å²) in [6.07, 6.45) is 0. The Hall–Kier alpha value is -8.66. The molecule has 0 spiro atoms. The summed E-state index contributed by atoms with van der Waals surface area (Å²) in [5.41, 5.74) is 15.6. The van der Waals surface area contributed by atoms with E-state index < -0.39 is 0 Å². The minimum absolute atomic E-state index is 0.893. The fourth-order valence-electron chi connectivity index (χ4n) is 10.1. The van der Waals surface area contributed by atoms with E-state index in [2.05, 4.69) is 252 Å². The Morgan fingerprint density at radius 1 is 0.323 bits per heavy atom. The molecule has 0 unspecified atom stereocenters. The number of para-hydroxylation sites is 3. The molecule has 3 heteroatoms. The zero-order valence-corrected chi connectivity index (χ0v) is 35.4. The van der Waals surface area contributed by atoms with Crippen LogP contribution in [-0.2, 0) is 0 Å². The first-order chi connectivity index (χ1) is 32.2. The molecule has 0 N–H and O–H groups in total. The van der Waals surface area contributed by atoms with E-state index in [9.17, 15) is 0 Å². The van der Waals surface area contributed by atoms with Crippen LogP contribution in [0.5, 0.6) is 0 Å². The van der Waals surface area contributed by atoms with E-state index in [1.807, 2.05) is 0 Å². The molecule has 13 rings (SSSR count). The average molecular weight is 829 g/mol. The molecule has 65 heavy (non-hydrogen) atoms. The zero-order valence-electron chi connectivity index (χ0n) is 35.4. The van der Waals surface area contributed by atoms with Gasteiger partial charge >= 0.3 is 0 Å². The lowest BCUT2D eigenvalue weighted by Gasteiger charge is -2.28. The first-order valence-electron chi connectivity index (χ1n) is 22.2. The van der Waals surface area contributed by atoms with Gasteiger partial charge in [0.05, 0.1) is 16.7 Å². The number of fused-ring (bicyclic) bond motifs is 9. The standard InChI is InChI=1S/C62H40N2O/c1-3-18-50-43(13-1)15-12-23-52(50)53-20-5-8-24-58(53)63(48-35-29-42(30-36-48)46-32-37-56-57-38-31-44-14-2-4-19-51(44)62(57)65-61(56)40-46)47-33-27-41(28-34-47)45-16-11-17-49(39-45)64-59-25-9-6-21-54(59)55-22-7-10-26-60(55)64/h1-40H. The van der Waals surface area contributed by atoms with E-state index in [0.717, 1.165) is 72.3 Å². The van der Waals surface area contributed by atoms with E-state index in [1.165, 1.54) is 49.1 Å². The molecule has 11 aromatic carbocycles. The van der Waals surface area contributed by atoms with E-state index in [4.69, 9.17) is 4.42 Å². The molecule has 0 saturated carbocycles. The van der Waals surface area contributed by atoms with Crippen LogP contribution in [-0.4, -0.2) is 4.57 Å². The highest BCUT2D eigenvalue weighted by Gasteiger charge is 2.20. The van der Waals surface area contributed by atoms with Gasteiger partial charge in [0, 0.05) is 49.6 Å². The molecule has 0 radical (unpaired) electrons. The summed E-state index contributed by atoms with van der Waals surface area (Å²) in [5.74, 6) is 0. The van der Waals surface area contributed by atoms with Crippen molar-refractivity contribution in [3.05, 3.63) is 243 Å². The molecule has 0 atom stereocenters. The third-order valence-corrected chi connectivity index (χ3v) is 13.2. The van der Waals surface area contributed by atoms with Gasteiger partial charge in [0.2, 0.25) is 0 Å². The number of anilines is 3. The Labute approximate surface area is 376 Å². The molecular formula is C62H40N2O. The summed E-state index contributed by atoms with van der Waals surface area (Å²) < 4.78 is 8.97. The monoisotopic (exact) mass is 828 g/mol. The van der Waals surface area contributed by atoms with Crippen molar-refractivity contribution in [2.24, 2.45) is 0 Å². The lowest BCUT2D eigenvalue weighted by atomic mass is 9.96. The normalized spacial score (nSPS) is 11.7. The van der Waals surface area contributed by atoms with Crippen molar-refractivity contribution in [2.45, 2.75) is 0 Å². The molecule has 0 saturated heterocycles. The van der Waals surface area contributed by atoms with Crippen LogP contribution >= 0.6 is 0 Å². The van der Waals surface area contributed by atoms with Crippen molar-refractivity contribution < 1.29 is 4.42 Å². The van der Waals surface area contributed by atoms with E-state index in [1.54, 1.807) is 0 Å². The summed E-state index contributed by atoms with van der Waals surface area (Å²) in [4.78, 5) is 2.40. The minimum atomic E-state index is 0.893. The van der Waals surface area contributed by atoms with Crippen LogP contribution in [0, 0.1) is 0 Å². The highest BCUT2D eigenvalue weighted by atomic mass is 16.3. The highest BCUT2D eigenvalue weighted by Crippen LogP contribution is 2.44. The maximum absolute atomic E-state index is 6.58. The number of furan rings is 1. The second-order valence-corrected chi connectivity index (χ2v) is 16.9. The largest absolute Gasteiger partial charge is 0.455 e. The van der Waals surface area contributed by atoms with Gasteiger partial charge in [-0.05, 0) is 117 Å². The van der Waals surface area contributed by atoms with Gasteiger partial charge in [0.25, 0.3) is 0 Å². The van der Waals surface area contributed by atoms with Crippen molar-refractivity contribution in [1.82, 2.24) is 4.57 Å². The van der Waals surface area contributed by atoms with Crippen molar-refractivity contribution in [3.63, 3.8) is 0 Å². The number of hydrogen-bond donors (Lipinski definition) is 0. The maximum atomic E-state index is 6.58. The van der Waals surface area contributed by atoms with Crippen molar-refractivity contribution in [1.29, 1.82) is 0 Å². The molecule has 304 valence electrons. The third kappa shape index (κ3) is 6.12. The quantitative estimate of drug-likeness (QED) is 0.160. The topological polar surface area (TPSA) is 21.3 Å². The molecule has 0 amide bonds. The molecule has 3 nitrogen and oxygen atoms in total. The maximum Gasteiger partial charge on any atom is 0.143 e. The average Bonchev–Trinajstić information content (AvgIpc) is 3.93. The van der Waals surface area contributed by atoms with Gasteiger partial charge in [0.1, 0.15) is 11.2 Å². The van der Waals surface area contributed by atoms with Gasteiger partial charge in [-0.3, -0.25) is 0 Å². The van der Waals surface area contributed by atoms with E-state index >= 15 is 0 Å². The predicted molar refractivity (Wildman–Crippen MR) is 274 cm³/mol. The van der Waals surface area contributed by atoms with Crippen LogP contribution in [0.3, 0.4) is 0 Å². The number of hydrogen-bond acceptors (Lipinski definition) is 2. The fraction of sp³-hybridized carbons (Fsp3) is 0. The van der Waals surface area contributed by atoms with E-state index in [0.29, 0.717) is 0 Å². The predicted octanol–water partition coefficient (Wildman–Crippen LogP) is 17.5. The summed E-state index contributed by atoms with van der Waals surface area (Å²) >= 11 is 0. The third-order valence-electron chi connectivity index (χ3n) is 13.2. The summed E-state index contributed by atoms with van der Waals surface area (Å²) in [6.45, 7) is 0. The van der Waals surface area contributed by atoms with Crippen molar-refractivity contribution in [3.8, 4) is 39.1 Å². The minimum Gasteiger partial charge on any atom is -0.455 e. The SMILES string of the molecule is c1cc(-c2ccc(N(c3ccc(-c4ccc5c(c4)oc4c6ccccc6ccc54)cc3)c3ccccc3-c3cccc4ccccc34)cc2)cc(-n2c3ccccc3c3ccccc32)c1. The summed E-state index contributed by atoms with van der Waals surface area (Å²) in [7, 11) is 0. The first kappa shape index (κ1) is 36.9. The molecule has 0 bridgehead atoms. The fourth-order valence-corrected chi connectivity index (χ4v) is 10.1. The Bertz CT molecular complexity index is 3890. The van der Waals surface area contributed by atoms with Gasteiger partial charge in [-0.2, -0.15) is 0 Å². The number of aromatic nitrogens is 1. The molecule has 0 fully saturated rings. The molecule has 2 heterocycles. The van der Waals surface area contributed by atoms with Gasteiger partial charge in [-0.1, -0.05) is 170 Å². The molecule has 0 aliphatic rings. The zero-order chi connectivity index (χ0) is 42.8. The van der Waals surface area contributed by atoms with Crippen LogP contribution in [0.1, 0.15) is 0 Å². The first-order valence-corrected chi connectivity index (χ1v) is 22.2. The van der Waals surface area contributed by atoms with Gasteiger partial charge in [-0.15, -0.1) is 0 Å². The number of benzene rings is 11. The lowest BCUT2D eigenvalue weighted by Crippen LogP contribution is -2.11.